The minimum atomic E-state index is -0.330. The molecular weight excluding hydrogens is 292 g/mol. The van der Waals surface area contributed by atoms with Crippen molar-refractivity contribution in [3.63, 3.8) is 0 Å². The minimum Gasteiger partial charge on any atom is -0.396 e. The highest BCUT2D eigenvalue weighted by atomic mass is 32.1. The number of nitrogens with one attached hydrogen (secondary N) is 2. The van der Waals surface area contributed by atoms with E-state index in [9.17, 15) is 4.79 Å². The van der Waals surface area contributed by atoms with Crippen molar-refractivity contribution in [2.24, 2.45) is 0 Å². The molecule has 0 aliphatic heterocycles. The van der Waals surface area contributed by atoms with Gasteiger partial charge in [-0.25, -0.2) is 0 Å². The number of anilines is 2. The third kappa shape index (κ3) is 3.11. The van der Waals surface area contributed by atoms with E-state index in [-0.39, 0.29) is 11.6 Å². The molecule has 1 amide bonds. The molecular formula is C12H14N6O2S. The largest absolute Gasteiger partial charge is 0.396 e. The van der Waals surface area contributed by atoms with Crippen LogP contribution in [0.5, 0.6) is 0 Å². The van der Waals surface area contributed by atoms with Crippen molar-refractivity contribution in [3.8, 4) is 6.07 Å². The molecule has 21 heavy (non-hydrogen) atoms. The molecule has 0 spiro atoms. The number of nitriles is 1. The van der Waals surface area contributed by atoms with E-state index < -0.39 is 0 Å². The smallest absolute Gasteiger partial charge is 0.256 e. The van der Waals surface area contributed by atoms with Gasteiger partial charge in [0.2, 0.25) is 5.89 Å². The van der Waals surface area contributed by atoms with E-state index in [0.717, 1.165) is 11.3 Å². The number of amides is 1. The maximum atomic E-state index is 11.8. The van der Waals surface area contributed by atoms with Gasteiger partial charge < -0.3 is 20.9 Å². The second-order valence-electron chi connectivity index (χ2n) is 4.15. The van der Waals surface area contributed by atoms with E-state index >= 15 is 0 Å². The van der Waals surface area contributed by atoms with Crippen molar-refractivity contribution in [2.75, 3.05) is 24.6 Å². The van der Waals surface area contributed by atoms with Crippen LogP contribution in [0.4, 0.5) is 10.7 Å². The molecule has 2 rings (SSSR count). The SMILES string of the molecule is CNC(=O)c1c(NCCc2noc(C)n2)sc(C#N)c1N. The summed E-state index contributed by atoms with van der Waals surface area (Å²) < 4.78 is 4.87. The number of hydrogen-bond donors (Lipinski definition) is 3. The first kappa shape index (κ1) is 14.8. The third-order valence-electron chi connectivity index (χ3n) is 2.70. The van der Waals surface area contributed by atoms with Gasteiger partial charge in [-0.2, -0.15) is 10.2 Å². The molecule has 0 aliphatic rings. The molecule has 0 fully saturated rings. The van der Waals surface area contributed by atoms with Crippen molar-refractivity contribution in [2.45, 2.75) is 13.3 Å². The van der Waals surface area contributed by atoms with Gasteiger partial charge in [0, 0.05) is 26.9 Å². The summed E-state index contributed by atoms with van der Waals surface area (Å²) in [5, 5.41) is 18.9. The van der Waals surface area contributed by atoms with Gasteiger partial charge in [0.1, 0.15) is 15.9 Å². The number of thiophene rings is 1. The van der Waals surface area contributed by atoms with Crippen LogP contribution < -0.4 is 16.4 Å². The van der Waals surface area contributed by atoms with Crippen LogP contribution in [0.2, 0.25) is 0 Å². The van der Waals surface area contributed by atoms with Gasteiger partial charge in [0.05, 0.1) is 11.3 Å². The second-order valence-corrected chi connectivity index (χ2v) is 5.17. The van der Waals surface area contributed by atoms with Gasteiger partial charge in [0.25, 0.3) is 5.91 Å². The fraction of sp³-hybridized carbons (Fsp3) is 0.333. The monoisotopic (exact) mass is 306 g/mol. The van der Waals surface area contributed by atoms with Crippen molar-refractivity contribution in [1.82, 2.24) is 15.5 Å². The minimum absolute atomic E-state index is 0.194. The normalized spacial score (nSPS) is 10.1. The van der Waals surface area contributed by atoms with Gasteiger partial charge in [-0.15, -0.1) is 11.3 Å². The Bertz CT molecular complexity index is 699. The van der Waals surface area contributed by atoms with Gasteiger partial charge in [-0.1, -0.05) is 5.16 Å². The average molecular weight is 306 g/mol. The highest BCUT2D eigenvalue weighted by Gasteiger charge is 2.21. The summed E-state index contributed by atoms with van der Waals surface area (Å²) in [5.41, 5.74) is 6.31. The van der Waals surface area contributed by atoms with E-state index in [0.29, 0.717) is 40.1 Å². The number of aryl methyl sites for hydroxylation is 1. The van der Waals surface area contributed by atoms with E-state index in [2.05, 4.69) is 20.8 Å². The molecule has 110 valence electrons. The lowest BCUT2D eigenvalue weighted by Crippen LogP contribution is -2.20. The molecule has 0 saturated carbocycles. The molecule has 0 bridgehead atoms. The number of nitrogens with zero attached hydrogens (tertiary/aromatic N) is 3. The Morgan fingerprint density at radius 3 is 2.90 bits per heavy atom. The lowest BCUT2D eigenvalue weighted by molar-refractivity contribution is 0.0965. The quantitative estimate of drug-likeness (QED) is 0.748. The van der Waals surface area contributed by atoms with Crippen LogP contribution in [0, 0.1) is 18.3 Å². The first-order chi connectivity index (χ1) is 10.1. The first-order valence-corrected chi connectivity index (χ1v) is 6.96. The van der Waals surface area contributed by atoms with Crippen molar-refractivity contribution < 1.29 is 9.32 Å². The Kier molecular flexibility index (Phi) is 4.39. The van der Waals surface area contributed by atoms with E-state index in [1.807, 2.05) is 6.07 Å². The molecule has 0 saturated heterocycles. The number of rotatable bonds is 5. The molecule has 0 atom stereocenters. The van der Waals surface area contributed by atoms with Crippen LogP contribution in [-0.2, 0) is 6.42 Å². The Morgan fingerprint density at radius 1 is 1.57 bits per heavy atom. The van der Waals surface area contributed by atoms with Crippen molar-refractivity contribution in [1.29, 1.82) is 5.26 Å². The molecule has 2 aromatic heterocycles. The number of carbonyl (C=O) groups excluding carboxylic acids is 1. The predicted octanol–water partition coefficient (Wildman–Crippen LogP) is 0.908. The van der Waals surface area contributed by atoms with Gasteiger partial charge in [-0.3, -0.25) is 4.79 Å². The predicted molar refractivity (Wildman–Crippen MR) is 78.1 cm³/mol. The maximum Gasteiger partial charge on any atom is 0.256 e. The zero-order valence-electron chi connectivity index (χ0n) is 11.6. The molecule has 0 aromatic carbocycles. The molecule has 4 N–H and O–H groups in total. The summed E-state index contributed by atoms with van der Waals surface area (Å²) in [7, 11) is 1.51. The summed E-state index contributed by atoms with van der Waals surface area (Å²) >= 11 is 1.15. The molecule has 8 nitrogen and oxygen atoms in total. The molecule has 2 aromatic rings. The Hall–Kier alpha value is -2.60. The Morgan fingerprint density at radius 2 is 2.33 bits per heavy atom. The lowest BCUT2D eigenvalue weighted by atomic mass is 10.2. The lowest BCUT2D eigenvalue weighted by Gasteiger charge is -2.05. The second kappa shape index (κ2) is 6.23. The molecule has 9 heteroatoms. The Labute approximate surface area is 124 Å². The molecule has 0 radical (unpaired) electrons. The zero-order valence-corrected chi connectivity index (χ0v) is 12.4. The first-order valence-electron chi connectivity index (χ1n) is 6.14. The van der Waals surface area contributed by atoms with Crippen LogP contribution in [0.25, 0.3) is 0 Å². The van der Waals surface area contributed by atoms with Crippen molar-refractivity contribution >= 4 is 27.9 Å². The van der Waals surface area contributed by atoms with Crippen LogP contribution in [0.3, 0.4) is 0 Å². The number of nitrogens with two attached hydrogens (primary N) is 1. The number of carbonyl (C=O) groups is 1. The Balaban J connectivity index is 2.12. The number of nitrogen functional groups attached to an aromatic ring is 1. The van der Waals surface area contributed by atoms with Crippen LogP contribution in [-0.4, -0.2) is 29.6 Å². The zero-order chi connectivity index (χ0) is 15.4. The summed E-state index contributed by atoms with van der Waals surface area (Å²) in [6.45, 7) is 2.21. The standard InChI is InChI=1S/C12H14N6O2S/c1-6-17-8(18-20-6)3-4-16-12-9(11(19)15-2)10(14)7(5-13)21-12/h16H,3-4,14H2,1-2H3,(H,15,19). The molecule has 2 heterocycles. The number of aromatic nitrogens is 2. The molecule has 0 unspecified atom stereocenters. The maximum absolute atomic E-state index is 11.8. The fourth-order valence-corrected chi connectivity index (χ4v) is 2.67. The average Bonchev–Trinajstić information content (AvgIpc) is 3.02. The summed E-state index contributed by atoms with van der Waals surface area (Å²) in [4.78, 5) is 16.2. The fourth-order valence-electron chi connectivity index (χ4n) is 1.73. The van der Waals surface area contributed by atoms with Crippen LogP contribution in [0.1, 0.15) is 27.0 Å². The van der Waals surface area contributed by atoms with Gasteiger partial charge >= 0.3 is 0 Å². The van der Waals surface area contributed by atoms with Gasteiger partial charge in [-0.05, 0) is 0 Å². The summed E-state index contributed by atoms with van der Waals surface area (Å²) in [6.07, 6.45) is 0.532. The third-order valence-corrected chi connectivity index (χ3v) is 3.77. The summed E-state index contributed by atoms with van der Waals surface area (Å²) in [5.74, 6) is 0.748. The van der Waals surface area contributed by atoms with Gasteiger partial charge in [0.15, 0.2) is 5.82 Å². The van der Waals surface area contributed by atoms with E-state index in [1.165, 1.54) is 7.05 Å². The van der Waals surface area contributed by atoms with Crippen LogP contribution in [0.15, 0.2) is 4.52 Å². The van der Waals surface area contributed by atoms with E-state index in [4.69, 9.17) is 15.5 Å². The molecule has 0 aliphatic carbocycles. The highest BCUT2D eigenvalue weighted by molar-refractivity contribution is 7.17. The van der Waals surface area contributed by atoms with Crippen LogP contribution >= 0.6 is 11.3 Å². The topological polar surface area (TPSA) is 130 Å². The van der Waals surface area contributed by atoms with Crippen molar-refractivity contribution in [3.05, 3.63) is 22.2 Å². The highest BCUT2D eigenvalue weighted by Crippen LogP contribution is 2.35. The number of hydrogen-bond acceptors (Lipinski definition) is 8. The summed E-state index contributed by atoms with van der Waals surface area (Å²) in [6, 6.07) is 1.98. The van der Waals surface area contributed by atoms with E-state index in [1.54, 1.807) is 6.92 Å².